The molecule has 146 valence electrons. The summed E-state index contributed by atoms with van der Waals surface area (Å²) in [5.41, 5.74) is 3.71. The molecule has 2 aromatic carbocycles. The fourth-order valence-electron chi connectivity index (χ4n) is 3.64. The van der Waals surface area contributed by atoms with E-state index in [9.17, 15) is 10.1 Å². The average Bonchev–Trinajstić information content (AvgIpc) is 2.68. The lowest BCUT2D eigenvalue weighted by molar-refractivity contribution is -0.140. The number of ether oxygens (including phenoxy) is 1. The number of carbonyl (C=O) groups is 1. The highest BCUT2D eigenvalue weighted by atomic mass is 16.5. The van der Waals surface area contributed by atoms with E-state index in [1.165, 1.54) is 0 Å². The van der Waals surface area contributed by atoms with Crippen LogP contribution in [0.1, 0.15) is 11.1 Å². The van der Waals surface area contributed by atoms with Gasteiger partial charge in [-0.2, -0.15) is 10.5 Å². The number of nitrogens with one attached hydrogen (secondary N) is 1. The minimum Gasteiger partial charge on any atom is -0.378 e. The fourth-order valence-corrected chi connectivity index (χ4v) is 3.64. The van der Waals surface area contributed by atoms with Gasteiger partial charge >= 0.3 is 0 Å². The molecule has 4 rings (SSSR count). The van der Waals surface area contributed by atoms with Gasteiger partial charge in [0.05, 0.1) is 42.9 Å². The molecule has 0 bridgehead atoms. The molecule has 29 heavy (non-hydrogen) atoms. The predicted octanol–water partition coefficient (Wildman–Crippen LogP) is 2.11. The standard InChI is InChI=1S/C23H22N4O2/c24-10-17-3-7-19(8-4-17)18-5-1-16(2-6-18)9-21(11-25)26-23(28)20-12-27(13-20)22-14-29-15-22/h1-8,20-22H,9,12-15H2,(H,26,28)/t21-/m0/s1. The summed E-state index contributed by atoms with van der Waals surface area (Å²) < 4.78 is 5.18. The van der Waals surface area contributed by atoms with Crippen LogP contribution < -0.4 is 5.32 Å². The number of hydrogen-bond acceptors (Lipinski definition) is 5. The van der Waals surface area contributed by atoms with Crippen molar-refractivity contribution in [3.05, 3.63) is 59.7 Å². The molecule has 6 heteroatoms. The zero-order chi connectivity index (χ0) is 20.2. The van der Waals surface area contributed by atoms with Crippen LogP contribution in [0.15, 0.2) is 48.5 Å². The molecule has 2 aliphatic rings. The van der Waals surface area contributed by atoms with E-state index in [4.69, 9.17) is 10.00 Å². The lowest BCUT2D eigenvalue weighted by atomic mass is 9.95. The topological polar surface area (TPSA) is 89.2 Å². The van der Waals surface area contributed by atoms with Crippen molar-refractivity contribution in [3.8, 4) is 23.3 Å². The van der Waals surface area contributed by atoms with Gasteiger partial charge in [-0.15, -0.1) is 0 Å². The van der Waals surface area contributed by atoms with E-state index >= 15 is 0 Å². The largest absolute Gasteiger partial charge is 0.378 e. The van der Waals surface area contributed by atoms with Gasteiger partial charge in [-0.25, -0.2) is 0 Å². The van der Waals surface area contributed by atoms with E-state index in [1.807, 2.05) is 36.4 Å². The first-order valence-electron chi connectivity index (χ1n) is 9.77. The van der Waals surface area contributed by atoms with Crippen molar-refractivity contribution in [2.45, 2.75) is 18.5 Å². The van der Waals surface area contributed by atoms with E-state index in [-0.39, 0.29) is 11.8 Å². The Morgan fingerprint density at radius 2 is 1.69 bits per heavy atom. The van der Waals surface area contributed by atoms with Crippen LogP contribution >= 0.6 is 0 Å². The Kier molecular flexibility index (Phi) is 5.57. The first kappa shape index (κ1) is 19.1. The molecule has 2 fully saturated rings. The lowest BCUT2D eigenvalue weighted by Crippen LogP contribution is -2.62. The Balaban J connectivity index is 1.30. The molecule has 0 saturated carbocycles. The van der Waals surface area contributed by atoms with Crippen LogP contribution in [0.3, 0.4) is 0 Å². The summed E-state index contributed by atoms with van der Waals surface area (Å²) in [6, 6.07) is 19.6. The second-order valence-electron chi connectivity index (χ2n) is 7.62. The quantitative estimate of drug-likeness (QED) is 0.821. The van der Waals surface area contributed by atoms with Gasteiger partial charge in [0.1, 0.15) is 6.04 Å². The number of nitrogens with zero attached hydrogens (tertiary/aromatic N) is 3. The molecule has 2 heterocycles. The molecule has 0 spiro atoms. The summed E-state index contributed by atoms with van der Waals surface area (Å²) in [5.74, 6) is -0.0764. The van der Waals surface area contributed by atoms with Gasteiger partial charge in [-0.3, -0.25) is 9.69 Å². The molecule has 2 aromatic rings. The van der Waals surface area contributed by atoms with E-state index in [0.29, 0.717) is 18.0 Å². The maximum absolute atomic E-state index is 12.4. The third-order valence-corrected chi connectivity index (χ3v) is 5.63. The Morgan fingerprint density at radius 1 is 1.07 bits per heavy atom. The molecule has 0 unspecified atom stereocenters. The highest BCUT2D eigenvalue weighted by Gasteiger charge is 2.39. The summed E-state index contributed by atoms with van der Waals surface area (Å²) >= 11 is 0. The summed E-state index contributed by atoms with van der Waals surface area (Å²) in [7, 11) is 0. The molecule has 0 radical (unpaired) electrons. The number of rotatable bonds is 6. The van der Waals surface area contributed by atoms with Gasteiger partial charge in [0.25, 0.3) is 0 Å². The number of hydrogen-bond donors (Lipinski definition) is 1. The maximum atomic E-state index is 12.4. The number of benzene rings is 2. The molecular weight excluding hydrogens is 364 g/mol. The van der Waals surface area contributed by atoms with E-state index in [0.717, 1.165) is 43.0 Å². The molecule has 6 nitrogen and oxygen atoms in total. The Bertz CT molecular complexity index is 946. The van der Waals surface area contributed by atoms with Crippen LogP contribution in [0.4, 0.5) is 0 Å². The van der Waals surface area contributed by atoms with Crippen molar-refractivity contribution in [1.29, 1.82) is 10.5 Å². The second kappa shape index (κ2) is 8.45. The second-order valence-corrected chi connectivity index (χ2v) is 7.62. The van der Waals surface area contributed by atoms with E-state index in [1.54, 1.807) is 12.1 Å². The summed E-state index contributed by atoms with van der Waals surface area (Å²) in [5, 5.41) is 21.2. The highest BCUT2D eigenvalue weighted by molar-refractivity contribution is 5.80. The number of amides is 1. The molecule has 1 amide bonds. The zero-order valence-electron chi connectivity index (χ0n) is 16.0. The molecule has 1 atom stereocenters. The summed E-state index contributed by atoms with van der Waals surface area (Å²) in [6.45, 7) is 3.01. The van der Waals surface area contributed by atoms with Crippen molar-refractivity contribution >= 4 is 5.91 Å². The van der Waals surface area contributed by atoms with Gasteiger partial charge in [0.15, 0.2) is 0 Å². The predicted molar refractivity (Wildman–Crippen MR) is 108 cm³/mol. The molecule has 2 aliphatic heterocycles. The van der Waals surface area contributed by atoms with Crippen molar-refractivity contribution in [1.82, 2.24) is 10.2 Å². The summed E-state index contributed by atoms with van der Waals surface area (Å²) in [4.78, 5) is 14.7. The van der Waals surface area contributed by atoms with Crippen LogP contribution in [0.25, 0.3) is 11.1 Å². The van der Waals surface area contributed by atoms with Gasteiger partial charge < -0.3 is 10.1 Å². The third-order valence-electron chi connectivity index (χ3n) is 5.63. The van der Waals surface area contributed by atoms with Crippen molar-refractivity contribution < 1.29 is 9.53 Å². The van der Waals surface area contributed by atoms with E-state index < -0.39 is 6.04 Å². The van der Waals surface area contributed by atoms with Crippen LogP contribution in [0.2, 0.25) is 0 Å². The Hall–Kier alpha value is -3.19. The van der Waals surface area contributed by atoms with Gasteiger partial charge in [0, 0.05) is 19.5 Å². The molecule has 1 N–H and O–H groups in total. The average molecular weight is 386 g/mol. The first-order chi connectivity index (χ1) is 14.2. The Labute approximate surface area is 170 Å². The number of likely N-dealkylation sites (tertiary alicyclic amines) is 1. The highest BCUT2D eigenvalue weighted by Crippen LogP contribution is 2.23. The zero-order valence-corrected chi connectivity index (χ0v) is 16.0. The Morgan fingerprint density at radius 3 is 2.21 bits per heavy atom. The SMILES string of the molecule is N#Cc1ccc(-c2ccc(C[C@@H](C#N)NC(=O)C3CN(C4COC4)C3)cc2)cc1. The van der Waals surface area contributed by atoms with Crippen molar-refractivity contribution in [2.24, 2.45) is 5.92 Å². The third kappa shape index (κ3) is 4.30. The van der Waals surface area contributed by atoms with Crippen molar-refractivity contribution in [2.75, 3.05) is 26.3 Å². The minimum atomic E-state index is -0.538. The van der Waals surface area contributed by atoms with Crippen LogP contribution in [0.5, 0.6) is 0 Å². The fraction of sp³-hybridized carbons (Fsp3) is 0.348. The van der Waals surface area contributed by atoms with Crippen LogP contribution in [-0.2, 0) is 16.0 Å². The molecular formula is C23H22N4O2. The minimum absolute atomic E-state index is 0.0368. The molecule has 0 aromatic heterocycles. The molecule has 2 saturated heterocycles. The van der Waals surface area contributed by atoms with E-state index in [2.05, 4.69) is 22.4 Å². The lowest BCUT2D eigenvalue weighted by Gasteiger charge is -2.46. The molecule has 0 aliphatic carbocycles. The monoisotopic (exact) mass is 386 g/mol. The van der Waals surface area contributed by atoms with Crippen LogP contribution in [-0.4, -0.2) is 49.2 Å². The van der Waals surface area contributed by atoms with Crippen molar-refractivity contribution in [3.63, 3.8) is 0 Å². The number of carbonyl (C=O) groups excluding carboxylic acids is 1. The number of nitriles is 2. The van der Waals surface area contributed by atoms with Gasteiger partial charge in [-0.1, -0.05) is 36.4 Å². The maximum Gasteiger partial charge on any atom is 0.226 e. The van der Waals surface area contributed by atoms with Gasteiger partial charge in [-0.05, 0) is 28.8 Å². The normalized spacial score (nSPS) is 18.0. The smallest absolute Gasteiger partial charge is 0.226 e. The first-order valence-corrected chi connectivity index (χ1v) is 9.77. The van der Waals surface area contributed by atoms with Crippen LogP contribution in [0, 0.1) is 28.6 Å². The summed E-state index contributed by atoms with van der Waals surface area (Å²) in [6.07, 6.45) is 0.475. The van der Waals surface area contributed by atoms with Gasteiger partial charge in [0.2, 0.25) is 5.91 Å².